The minimum atomic E-state index is -0.0526. The van der Waals surface area contributed by atoms with Gasteiger partial charge in [0.25, 0.3) is 0 Å². The molecule has 0 saturated carbocycles. The Morgan fingerprint density at radius 3 is 2.63 bits per heavy atom. The standard InChI is InChI=1S/C21H25N5O4/c1-29-14-20(27)25-9-7-19(13-25)30-18-4-2-16(3-5-18)24-21(28)15-11-26(12-15)17-6-8-22-23-10-17/h2-6,8,10,15,19H,7,9,11-14H2,1H3,(H,24,28)/t19-/m1/s1. The van der Waals surface area contributed by atoms with E-state index in [9.17, 15) is 9.59 Å². The first-order chi connectivity index (χ1) is 14.6. The summed E-state index contributed by atoms with van der Waals surface area (Å²) in [6, 6.07) is 9.23. The number of nitrogens with one attached hydrogen (secondary N) is 1. The Morgan fingerprint density at radius 1 is 1.13 bits per heavy atom. The van der Waals surface area contributed by atoms with Gasteiger partial charge in [-0.05, 0) is 30.3 Å². The fourth-order valence-corrected chi connectivity index (χ4v) is 3.65. The van der Waals surface area contributed by atoms with Crippen LogP contribution in [0.2, 0.25) is 0 Å². The fourth-order valence-electron chi connectivity index (χ4n) is 3.65. The number of anilines is 2. The number of benzene rings is 1. The third kappa shape index (κ3) is 4.68. The molecule has 2 aliphatic rings. The summed E-state index contributed by atoms with van der Waals surface area (Å²) < 4.78 is 10.9. The van der Waals surface area contributed by atoms with Crippen LogP contribution < -0.4 is 15.0 Å². The van der Waals surface area contributed by atoms with Gasteiger partial charge < -0.3 is 24.6 Å². The van der Waals surface area contributed by atoms with Gasteiger partial charge in [0.15, 0.2) is 0 Å². The molecular weight excluding hydrogens is 386 g/mol. The molecule has 30 heavy (non-hydrogen) atoms. The second-order valence-electron chi connectivity index (χ2n) is 7.52. The summed E-state index contributed by atoms with van der Waals surface area (Å²) in [7, 11) is 1.52. The lowest BCUT2D eigenvalue weighted by atomic mass is 9.98. The van der Waals surface area contributed by atoms with Crippen molar-refractivity contribution in [2.75, 3.05) is 50.1 Å². The Bertz CT molecular complexity index is 871. The number of amides is 2. The molecular formula is C21H25N5O4. The van der Waals surface area contributed by atoms with E-state index < -0.39 is 0 Å². The van der Waals surface area contributed by atoms with E-state index in [0.29, 0.717) is 26.2 Å². The van der Waals surface area contributed by atoms with Crippen LogP contribution in [0.3, 0.4) is 0 Å². The van der Waals surface area contributed by atoms with E-state index in [1.165, 1.54) is 7.11 Å². The van der Waals surface area contributed by atoms with Gasteiger partial charge in [0.1, 0.15) is 18.5 Å². The van der Waals surface area contributed by atoms with Crippen molar-refractivity contribution >= 4 is 23.2 Å². The highest BCUT2D eigenvalue weighted by Gasteiger charge is 2.33. The maximum absolute atomic E-state index is 12.4. The topological polar surface area (TPSA) is 96.9 Å². The molecule has 4 rings (SSSR count). The van der Waals surface area contributed by atoms with Crippen molar-refractivity contribution in [3.05, 3.63) is 42.7 Å². The number of nitrogens with zero attached hydrogens (tertiary/aromatic N) is 4. The van der Waals surface area contributed by atoms with E-state index in [4.69, 9.17) is 9.47 Å². The second-order valence-corrected chi connectivity index (χ2v) is 7.52. The number of ether oxygens (including phenoxy) is 2. The number of carbonyl (C=O) groups excluding carboxylic acids is 2. The van der Waals surface area contributed by atoms with Crippen LogP contribution in [0.5, 0.6) is 5.75 Å². The van der Waals surface area contributed by atoms with Crippen LogP contribution in [0.15, 0.2) is 42.7 Å². The first-order valence-electron chi connectivity index (χ1n) is 9.98. The number of methoxy groups -OCH3 is 1. The van der Waals surface area contributed by atoms with Crippen molar-refractivity contribution in [1.82, 2.24) is 15.1 Å². The highest BCUT2D eigenvalue weighted by atomic mass is 16.5. The van der Waals surface area contributed by atoms with Gasteiger partial charge in [-0.15, -0.1) is 0 Å². The van der Waals surface area contributed by atoms with E-state index in [1.54, 1.807) is 17.3 Å². The first kappa shape index (κ1) is 20.1. The van der Waals surface area contributed by atoms with Gasteiger partial charge in [-0.25, -0.2) is 0 Å². The summed E-state index contributed by atoms with van der Waals surface area (Å²) in [5, 5.41) is 10.6. The summed E-state index contributed by atoms with van der Waals surface area (Å²) in [5.74, 6) is 0.656. The van der Waals surface area contributed by atoms with Gasteiger partial charge in [-0.3, -0.25) is 9.59 Å². The molecule has 2 aromatic rings. The average Bonchev–Trinajstić information content (AvgIpc) is 3.18. The molecule has 9 heteroatoms. The molecule has 0 bridgehead atoms. The Hall–Kier alpha value is -3.20. The van der Waals surface area contributed by atoms with Crippen molar-refractivity contribution in [2.24, 2.45) is 5.92 Å². The predicted octanol–water partition coefficient (Wildman–Crippen LogP) is 1.18. The van der Waals surface area contributed by atoms with Crippen LogP contribution in [-0.2, 0) is 14.3 Å². The van der Waals surface area contributed by atoms with Crippen LogP contribution in [0, 0.1) is 5.92 Å². The quantitative estimate of drug-likeness (QED) is 0.731. The van der Waals surface area contributed by atoms with Gasteiger partial charge in [0, 0.05) is 38.9 Å². The number of carbonyl (C=O) groups is 2. The molecule has 0 spiro atoms. The first-order valence-corrected chi connectivity index (χ1v) is 9.98. The van der Waals surface area contributed by atoms with Crippen molar-refractivity contribution in [1.29, 1.82) is 0 Å². The number of aromatic nitrogens is 2. The Morgan fingerprint density at radius 2 is 1.93 bits per heavy atom. The molecule has 1 atom stereocenters. The molecule has 9 nitrogen and oxygen atoms in total. The highest BCUT2D eigenvalue weighted by Crippen LogP contribution is 2.25. The maximum atomic E-state index is 12.4. The van der Waals surface area contributed by atoms with Gasteiger partial charge in [0.05, 0.1) is 30.5 Å². The summed E-state index contributed by atoms with van der Waals surface area (Å²) in [6.07, 6.45) is 4.10. The van der Waals surface area contributed by atoms with E-state index in [1.807, 2.05) is 30.3 Å². The lowest BCUT2D eigenvalue weighted by Gasteiger charge is -2.39. The van der Waals surface area contributed by atoms with Crippen LogP contribution in [0.4, 0.5) is 11.4 Å². The molecule has 2 amide bonds. The number of likely N-dealkylation sites (tertiary alicyclic amines) is 1. The SMILES string of the molecule is COCC(=O)N1CC[C@@H](Oc2ccc(NC(=O)C3CN(c4ccnnc4)C3)cc2)C1. The molecule has 2 fully saturated rings. The minimum absolute atomic E-state index is 0.00465. The maximum Gasteiger partial charge on any atom is 0.248 e. The Balaban J connectivity index is 1.22. The van der Waals surface area contributed by atoms with Gasteiger partial charge in [0.2, 0.25) is 11.8 Å². The van der Waals surface area contributed by atoms with E-state index in [-0.39, 0.29) is 30.4 Å². The molecule has 1 aromatic carbocycles. The van der Waals surface area contributed by atoms with Crippen LogP contribution in [0.25, 0.3) is 0 Å². The monoisotopic (exact) mass is 411 g/mol. The summed E-state index contributed by atoms with van der Waals surface area (Å²) >= 11 is 0. The Labute approximate surface area is 175 Å². The lowest BCUT2D eigenvalue weighted by molar-refractivity contribution is -0.134. The van der Waals surface area contributed by atoms with Crippen molar-refractivity contribution in [2.45, 2.75) is 12.5 Å². The van der Waals surface area contributed by atoms with Gasteiger partial charge in [-0.2, -0.15) is 10.2 Å². The van der Waals surface area contributed by atoms with Gasteiger partial charge >= 0.3 is 0 Å². The van der Waals surface area contributed by atoms with Crippen molar-refractivity contribution in [3.8, 4) is 5.75 Å². The molecule has 0 unspecified atom stereocenters. The summed E-state index contributed by atoms with van der Waals surface area (Å²) in [5.41, 5.74) is 1.71. The Kier molecular flexibility index (Phi) is 6.08. The van der Waals surface area contributed by atoms with Crippen LogP contribution >= 0.6 is 0 Å². The van der Waals surface area contributed by atoms with E-state index in [0.717, 1.165) is 23.5 Å². The zero-order valence-corrected chi connectivity index (χ0v) is 16.9. The summed E-state index contributed by atoms with van der Waals surface area (Å²) in [6.45, 7) is 2.66. The third-order valence-corrected chi connectivity index (χ3v) is 5.38. The van der Waals surface area contributed by atoms with Gasteiger partial charge in [-0.1, -0.05) is 0 Å². The predicted molar refractivity (Wildman–Crippen MR) is 110 cm³/mol. The zero-order valence-electron chi connectivity index (χ0n) is 16.9. The number of hydrogen-bond acceptors (Lipinski definition) is 7. The van der Waals surface area contributed by atoms with Crippen molar-refractivity contribution in [3.63, 3.8) is 0 Å². The molecule has 158 valence electrons. The van der Waals surface area contributed by atoms with Crippen molar-refractivity contribution < 1.29 is 19.1 Å². The molecule has 0 aliphatic carbocycles. The van der Waals surface area contributed by atoms with E-state index in [2.05, 4.69) is 20.4 Å². The highest BCUT2D eigenvalue weighted by molar-refractivity contribution is 5.94. The minimum Gasteiger partial charge on any atom is -0.489 e. The molecule has 2 saturated heterocycles. The number of rotatable bonds is 7. The van der Waals surface area contributed by atoms with E-state index >= 15 is 0 Å². The molecule has 1 N–H and O–H groups in total. The number of hydrogen-bond donors (Lipinski definition) is 1. The summed E-state index contributed by atoms with van der Waals surface area (Å²) in [4.78, 5) is 28.2. The fraction of sp³-hybridized carbons (Fsp3) is 0.429. The normalized spacial score (nSPS) is 18.8. The second kappa shape index (κ2) is 9.08. The zero-order chi connectivity index (χ0) is 20.9. The van der Waals surface area contributed by atoms with Crippen LogP contribution in [0.1, 0.15) is 6.42 Å². The smallest absolute Gasteiger partial charge is 0.248 e. The molecule has 1 aromatic heterocycles. The molecule has 2 aliphatic heterocycles. The lowest BCUT2D eigenvalue weighted by Crippen LogP contribution is -2.52. The van der Waals surface area contributed by atoms with Crippen LogP contribution in [-0.4, -0.2) is 72.9 Å². The third-order valence-electron chi connectivity index (χ3n) is 5.38. The largest absolute Gasteiger partial charge is 0.489 e. The average molecular weight is 411 g/mol. The molecule has 3 heterocycles. The molecule has 0 radical (unpaired) electrons.